The van der Waals surface area contributed by atoms with E-state index < -0.39 is 10.0 Å². The van der Waals surface area contributed by atoms with Crippen molar-refractivity contribution in [1.82, 2.24) is 9.62 Å². The average molecular weight is 427 g/mol. The molecule has 1 saturated heterocycles. The normalized spacial score (nSPS) is 17.1. The molecule has 160 valence electrons. The van der Waals surface area contributed by atoms with E-state index in [1.165, 1.54) is 15.3 Å². The Bertz CT molecular complexity index is 935. The summed E-state index contributed by atoms with van der Waals surface area (Å²) in [5, 5.41) is 4.36. The minimum atomic E-state index is -3.47. The monoisotopic (exact) mass is 426 g/mol. The van der Waals surface area contributed by atoms with Gasteiger partial charge in [0.05, 0.1) is 0 Å². The van der Waals surface area contributed by atoms with Crippen LogP contribution in [0.4, 0.5) is 0 Å². The van der Waals surface area contributed by atoms with Crippen LogP contribution in [0, 0.1) is 5.92 Å². The molecule has 1 aliphatic heterocycles. The minimum Gasteiger partial charge on any atom is -0.353 e. The molecule has 1 N–H and O–H groups in total. The van der Waals surface area contributed by atoms with Gasteiger partial charge in [-0.15, -0.1) is 0 Å². The summed E-state index contributed by atoms with van der Waals surface area (Å²) < 4.78 is 26.6. The van der Waals surface area contributed by atoms with Gasteiger partial charge in [-0.1, -0.05) is 60.7 Å². The lowest BCUT2D eigenvalue weighted by Crippen LogP contribution is -2.44. The molecule has 6 heteroatoms. The molecule has 1 fully saturated rings. The van der Waals surface area contributed by atoms with Crippen molar-refractivity contribution >= 4 is 22.0 Å². The number of carbonyl (C=O) groups excluding carboxylic acids is 1. The van der Waals surface area contributed by atoms with Gasteiger partial charge in [-0.3, -0.25) is 4.79 Å². The number of rotatable bonds is 8. The average Bonchev–Trinajstić information content (AvgIpc) is 2.78. The molecule has 0 saturated carbocycles. The van der Waals surface area contributed by atoms with Gasteiger partial charge in [-0.25, -0.2) is 8.42 Å². The smallest absolute Gasteiger partial charge is 0.236 e. The molecular weight excluding hydrogens is 396 g/mol. The van der Waals surface area contributed by atoms with Crippen molar-refractivity contribution in [2.45, 2.75) is 38.6 Å². The topological polar surface area (TPSA) is 66.5 Å². The highest BCUT2D eigenvalue weighted by molar-refractivity contribution is 7.92. The second-order valence-corrected chi connectivity index (χ2v) is 9.68. The van der Waals surface area contributed by atoms with Crippen LogP contribution < -0.4 is 5.32 Å². The Kier molecular flexibility index (Phi) is 7.82. The van der Waals surface area contributed by atoms with E-state index in [0.717, 1.165) is 18.4 Å². The van der Waals surface area contributed by atoms with Crippen LogP contribution in [-0.2, 0) is 21.2 Å². The number of nitrogens with zero attached hydrogens (tertiary/aromatic N) is 1. The van der Waals surface area contributed by atoms with Crippen molar-refractivity contribution in [2.24, 2.45) is 5.92 Å². The van der Waals surface area contributed by atoms with Crippen LogP contribution in [0.15, 0.2) is 66.1 Å². The summed E-state index contributed by atoms with van der Waals surface area (Å²) in [6, 6.07) is 19.7. The van der Waals surface area contributed by atoms with Crippen molar-refractivity contribution in [1.29, 1.82) is 0 Å². The van der Waals surface area contributed by atoms with Crippen LogP contribution in [0.5, 0.6) is 0 Å². The number of piperidine rings is 1. The second kappa shape index (κ2) is 10.5. The fourth-order valence-electron chi connectivity index (χ4n) is 3.65. The molecule has 1 atom stereocenters. The predicted molar refractivity (Wildman–Crippen MR) is 121 cm³/mol. The van der Waals surface area contributed by atoms with Gasteiger partial charge in [-0.2, -0.15) is 4.31 Å². The summed E-state index contributed by atoms with van der Waals surface area (Å²) in [6.45, 7) is 2.77. The first-order chi connectivity index (χ1) is 14.4. The number of aryl methyl sites for hydroxylation is 1. The number of nitrogens with one attached hydrogen (secondary N) is 1. The highest BCUT2D eigenvalue weighted by Crippen LogP contribution is 2.21. The number of benzene rings is 2. The third kappa shape index (κ3) is 6.54. The minimum absolute atomic E-state index is 0.0347. The maximum absolute atomic E-state index is 12.6. The standard InChI is InChI=1S/C24H30N2O3S/c1-20(12-13-21-8-4-2-5-9-21)25-24(27)23-14-17-26(18-15-23)30(28,29)19-16-22-10-6-3-7-11-22/h2-11,16,19-20,23H,12-15,17-18H2,1H3,(H,25,27). The van der Waals surface area contributed by atoms with Crippen LogP contribution in [0.1, 0.15) is 37.3 Å². The number of carbonyl (C=O) groups is 1. The third-order valence-corrected chi connectivity index (χ3v) is 7.08. The van der Waals surface area contributed by atoms with Gasteiger partial charge >= 0.3 is 0 Å². The molecule has 1 amide bonds. The Labute approximate surface area is 179 Å². The zero-order valence-electron chi connectivity index (χ0n) is 17.4. The Morgan fingerprint density at radius 3 is 2.30 bits per heavy atom. The largest absolute Gasteiger partial charge is 0.353 e. The van der Waals surface area contributed by atoms with Crippen LogP contribution >= 0.6 is 0 Å². The highest BCUT2D eigenvalue weighted by atomic mass is 32.2. The molecule has 0 radical (unpaired) electrons. The predicted octanol–water partition coefficient (Wildman–Crippen LogP) is 3.84. The lowest BCUT2D eigenvalue weighted by Gasteiger charge is -2.30. The summed E-state index contributed by atoms with van der Waals surface area (Å²) in [6.07, 6.45) is 4.52. The number of hydrogen-bond acceptors (Lipinski definition) is 3. The molecule has 1 aliphatic rings. The Morgan fingerprint density at radius 2 is 1.67 bits per heavy atom. The van der Waals surface area contributed by atoms with Crippen molar-refractivity contribution in [3.05, 3.63) is 77.2 Å². The highest BCUT2D eigenvalue weighted by Gasteiger charge is 2.30. The SMILES string of the molecule is CC(CCc1ccccc1)NC(=O)C1CCN(S(=O)(=O)C=Cc2ccccc2)CC1. The van der Waals surface area contributed by atoms with Crippen LogP contribution in [0.2, 0.25) is 0 Å². The maximum atomic E-state index is 12.6. The van der Waals surface area contributed by atoms with Gasteiger partial charge in [0.25, 0.3) is 0 Å². The van der Waals surface area contributed by atoms with E-state index in [2.05, 4.69) is 17.4 Å². The van der Waals surface area contributed by atoms with Gasteiger partial charge in [0, 0.05) is 30.5 Å². The number of sulfonamides is 1. The quantitative estimate of drug-likeness (QED) is 0.697. The van der Waals surface area contributed by atoms with Crippen molar-refractivity contribution in [3.63, 3.8) is 0 Å². The van der Waals surface area contributed by atoms with E-state index in [4.69, 9.17) is 0 Å². The number of amides is 1. The molecule has 0 bridgehead atoms. The van der Waals surface area contributed by atoms with Crippen molar-refractivity contribution in [2.75, 3.05) is 13.1 Å². The maximum Gasteiger partial charge on any atom is 0.236 e. The van der Waals surface area contributed by atoms with E-state index in [-0.39, 0.29) is 17.9 Å². The number of hydrogen-bond donors (Lipinski definition) is 1. The lowest BCUT2D eigenvalue weighted by atomic mass is 9.96. The molecule has 2 aromatic carbocycles. The van der Waals surface area contributed by atoms with Crippen LogP contribution in [0.3, 0.4) is 0 Å². The second-order valence-electron chi connectivity index (χ2n) is 7.87. The summed E-state index contributed by atoms with van der Waals surface area (Å²) in [5.74, 6) is -0.0961. The van der Waals surface area contributed by atoms with Gasteiger partial charge < -0.3 is 5.32 Å². The summed E-state index contributed by atoms with van der Waals surface area (Å²) in [4.78, 5) is 12.6. The van der Waals surface area contributed by atoms with Gasteiger partial charge in [0.2, 0.25) is 15.9 Å². The van der Waals surface area contributed by atoms with Gasteiger partial charge in [-0.05, 0) is 49.8 Å². The van der Waals surface area contributed by atoms with E-state index in [0.29, 0.717) is 25.9 Å². The van der Waals surface area contributed by atoms with E-state index in [9.17, 15) is 13.2 Å². The van der Waals surface area contributed by atoms with E-state index in [1.54, 1.807) is 6.08 Å². The molecule has 0 aliphatic carbocycles. The summed E-state index contributed by atoms with van der Waals surface area (Å²) >= 11 is 0. The summed E-state index contributed by atoms with van der Waals surface area (Å²) in [5.41, 5.74) is 2.11. The molecule has 0 spiro atoms. The van der Waals surface area contributed by atoms with Crippen molar-refractivity contribution < 1.29 is 13.2 Å². The molecule has 1 unspecified atom stereocenters. The van der Waals surface area contributed by atoms with E-state index >= 15 is 0 Å². The molecular formula is C24H30N2O3S. The zero-order chi connectivity index (χ0) is 21.4. The van der Waals surface area contributed by atoms with Crippen LogP contribution in [-0.4, -0.2) is 37.8 Å². The van der Waals surface area contributed by atoms with Gasteiger partial charge in [0.1, 0.15) is 0 Å². The fraction of sp³-hybridized carbons (Fsp3) is 0.375. The third-order valence-electron chi connectivity index (χ3n) is 5.51. The van der Waals surface area contributed by atoms with E-state index in [1.807, 2.05) is 55.5 Å². The first-order valence-corrected chi connectivity index (χ1v) is 12.0. The van der Waals surface area contributed by atoms with Crippen LogP contribution in [0.25, 0.3) is 6.08 Å². The molecule has 3 rings (SSSR count). The zero-order valence-corrected chi connectivity index (χ0v) is 18.2. The molecule has 1 heterocycles. The molecule has 5 nitrogen and oxygen atoms in total. The first-order valence-electron chi connectivity index (χ1n) is 10.5. The molecule has 2 aromatic rings. The lowest BCUT2D eigenvalue weighted by molar-refractivity contribution is -0.126. The fourth-order valence-corrected chi connectivity index (χ4v) is 4.87. The Morgan fingerprint density at radius 1 is 1.07 bits per heavy atom. The first kappa shape index (κ1) is 22.2. The Hall–Kier alpha value is -2.44. The van der Waals surface area contributed by atoms with Gasteiger partial charge in [0.15, 0.2) is 0 Å². The molecule has 0 aromatic heterocycles. The molecule has 30 heavy (non-hydrogen) atoms. The summed E-state index contributed by atoms with van der Waals surface area (Å²) in [7, 11) is -3.47. The van der Waals surface area contributed by atoms with Crippen molar-refractivity contribution in [3.8, 4) is 0 Å². The Balaban J connectivity index is 1.45.